The van der Waals surface area contributed by atoms with Gasteiger partial charge in [0.2, 0.25) is 10.0 Å². The van der Waals surface area contributed by atoms with Crippen LogP contribution in [0, 0.1) is 6.92 Å². The van der Waals surface area contributed by atoms with E-state index in [0.717, 1.165) is 5.69 Å². The highest BCUT2D eigenvalue weighted by Crippen LogP contribution is 2.26. The van der Waals surface area contributed by atoms with Gasteiger partial charge in [-0.2, -0.15) is 4.31 Å². The van der Waals surface area contributed by atoms with Crippen molar-refractivity contribution in [3.8, 4) is 0 Å². The third-order valence-electron chi connectivity index (χ3n) is 4.06. The van der Waals surface area contributed by atoms with Gasteiger partial charge in [0.15, 0.2) is 0 Å². The Kier molecular flexibility index (Phi) is 4.75. The highest BCUT2D eigenvalue weighted by molar-refractivity contribution is 9.10. The first-order valence-electron chi connectivity index (χ1n) is 7.55. The lowest BCUT2D eigenvalue weighted by atomic mass is 10.2. The maximum absolute atomic E-state index is 12.8. The van der Waals surface area contributed by atoms with Gasteiger partial charge in [0.25, 0.3) is 0 Å². The topological polar surface area (TPSA) is 40.6 Å². The van der Waals surface area contributed by atoms with Crippen LogP contribution in [0.15, 0.2) is 57.9 Å². The van der Waals surface area contributed by atoms with Gasteiger partial charge in [0.1, 0.15) is 0 Å². The van der Waals surface area contributed by atoms with Crippen LogP contribution in [-0.4, -0.2) is 38.9 Å². The second-order valence-electron chi connectivity index (χ2n) is 5.66. The molecule has 0 atom stereocenters. The number of hydrogen-bond donors (Lipinski definition) is 0. The Labute approximate surface area is 145 Å². The predicted molar refractivity (Wildman–Crippen MR) is 96.3 cm³/mol. The first-order chi connectivity index (χ1) is 11.0. The summed E-state index contributed by atoms with van der Waals surface area (Å²) in [4.78, 5) is 2.57. The first kappa shape index (κ1) is 16.5. The minimum atomic E-state index is -3.45. The molecule has 3 rings (SSSR count). The van der Waals surface area contributed by atoms with Crippen LogP contribution in [0.5, 0.6) is 0 Å². The zero-order chi connectivity index (χ0) is 16.4. The molecule has 1 aliphatic rings. The molecule has 1 saturated heterocycles. The first-order valence-corrected chi connectivity index (χ1v) is 9.78. The summed E-state index contributed by atoms with van der Waals surface area (Å²) >= 11 is 3.34. The van der Waals surface area contributed by atoms with Gasteiger partial charge in [-0.15, -0.1) is 0 Å². The number of anilines is 1. The molecule has 0 bridgehead atoms. The number of hydrogen-bond acceptors (Lipinski definition) is 3. The predicted octanol–water partition coefficient (Wildman–Crippen LogP) is 3.27. The molecular formula is C17H19BrN2O2S. The molecule has 0 amide bonds. The van der Waals surface area contributed by atoms with E-state index in [1.54, 1.807) is 22.5 Å². The van der Waals surface area contributed by atoms with Crippen molar-refractivity contribution in [3.63, 3.8) is 0 Å². The Balaban J connectivity index is 1.75. The normalized spacial score (nSPS) is 16.5. The van der Waals surface area contributed by atoms with Crippen LogP contribution in [-0.2, 0) is 10.0 Å². The number of piperazine rings is 1. The molecule has 0 N–H and O–H groups in total. The van der Waals surface area contributed by atoms with Crippen LogP contribution in [0.4, 0.5) is 5.69 Å². The second-order valence-corrected chi connectivity index (χ2v) is 8.42. The molecule has 1 heterocycles. The maximum Gasteiger partial charge on any atom is 0.244 e. The summed E-state index contributed by atoms with van der Waals surface area (Å²) in [7, 11) is -3.45. The lowest BCUT2D eigenvalue weighted by Gasteiger charge is -2.35. The second kappa shape index (κ2) is 6.63. The highest BCUT2D eigenvalue weighted by Gasteiger charge is 2.29. The zero-order valence-corrected chi connectivity index (χ0v) is 15.3. The monoisotopic (exact) mass is 394 g/mol. The Bertz CT molecular complexity index is 800. The van der Waals surface area contributed by atoms with Crippen molar-refractivity contribution in [3.05, 3.63) is 58.6 Å². The molecule has 0 saturated carbocycles. The van der Waals surface area contributed by atoms with Crippen molar-refractivity contribution >= 4 is 31.6 Å². The van der Waals surface area contributed by atoms with E-state index in [1.807, 2.05) is 12.1 Å². The quantitative estimate of drug-likeness (QED) is 0.801. The largest absolute Gasteiger partial charge is 0.369 e. The SMILES string of the molecule is Cc1cccc(N2CCN(S(=O)(=O)c3ccccc3Br)CC2)c1. The van der Waals surface area contributed by atoms with Crippen molar-refractivity contribution < 1.29 is 8.42 Å². The van der Waals surface area contributed by atoms with Gasteiger partial charge in [-0.25, -0.2) is 8.42 Å². The lowest BCUT2D eigenvalue weighted by molar-refractivity contribution is 0.384. The van der Waals surface area contributed by atoms with Crippen molar-refractivity contribution in [2.45, 2.75) is 11.8 Å². The van der Waals surface area contributed by atoms with E-state index in [1.165, 1.54) is 5.56 Å². The Morgan fingerprint density at radius 1 is 0.957 bits per heavy atom. The molecule has 122 valence electrons. The summed E-state index contributed by atoms with van der Waals surface area (Å²) in [6, 6.07) is 15.3. The van der Waals surface area contributed by atoms with Gasteiger partial charge < -0.3 is 4.90 Å². The summed E-state index contributed by atoms with van der Waals surface area (Å²) in [6.45, 7) is 4.46. The molecule has 2 aromatic rings. The smallest absolute Gasteiger partial charge is 0.244 e. The summed E-state index contributed by atoms with van der Waals surface area (Å²) < 4.78 is 27.7. The van der Waals surface area contributed by atoms with Gasteiger partial charge >= 0.3 is 0 Å². The average molecular weight is 395 g/mol. The Hall–Kier alpha value is -1.37. The molecule has 6 heteroatoms. The highest BCUT2D eigenvalue weighted by atomic mass is 79.9. The standard InChI is InChI=1S/C17H19BrN2O2S/c1-14-5-4-6-15(13-14)19-9-11-20(12-10-19)23(21,22)17-8-3-2-7-16(17)18/h2-8,13H,9-12H2,1H3. The molecule has 0 spiro atoms. The van der Waals surface area contributed by atoms with Gasteiger partial charge in [-0.05, 0) is 52.7 Å². The fourth-order valence-corrected chi connectivity index (χ4v) is 5.19. The average Bonchev–Trinajstić information content (AvgIpc) is 2.55. The van der Waals surface area contributed by atoms with Gasteiger partial charge in [-0.1, -0.05) is 24.3 Å². The van der Waals surface area contributed by atoms with E-state index in [2.05, 4.69) is 46.0 Å². The molecule has 0 aromatic heterocycles. The van der Waals surface area contributed by atoms with E-state index in [0.29, 0.717) is 35.5 Å². The van der Waals surface area contributed by atoms with Crippen molar-refractivity contribution in [1.82, 2.24) is 4.31 Å². The molecular weight excluding hydrogens is 376 g/mol. The van der Waals surface area contributed by atoms with E-state index < -0.39 is 10.0 Å². The van der Waals surface area contributed by atoms with Gasteiger partial charge in [-0.3, -0.25) is 0 Å². The van der Waals surface area contributed by atoms with Crippen molar-refractivity contribution in [2.24, 2.45) is 0 Å². The van der Waals surface area contributed by atoms with E-state index >= 15 is 0 Å². The summed E-state index contributed by atoms with van der Waals surface area (Å²) in [6.07, 6.45) is 0. The van der Waals surface area contributed by atoms with Gasteiger partial charge in [0, 0.05) is 36.3 Å². The number of halogens is 1. The lowest BCUT2D eigenvalue weighted by Crippen LogP contribution is -2.48. The number of rotatable bonds is 3. The van der Waals surface area contributed by atoms with Crippen LogP contribution in [0.2, 0.25) is 0 Å². The molecule has 1 fully saturated rings. The Morgan fingerprint density at radius 2 is 1.65 bits per heavy atom. The van der Waals surface area contributed by atoms with Crippen molar-refractivity contribution in [1.29, 1.82) is 0 Å². The fraction of sp³-hybridized carbons (Fsp3) is 0.294. The molecule has 0 radical (unpaired) electrons. The number of benzene rings is 2. The number of aryl methyl sites for hydroxylation is 1. The van der Waals surface area contributed by atoms with Crippen LogP contribution in [0.25, 0.3) is 0 Å². The zero-order valence-electron chi connectivity index (χ0n) is 12.9. The third kappa shape index (κ3) is 3.44. The molecule has 0 unspecified atom stereocenters. The van der Waals surface area contributed by atoms with Crippen LogP contribution >= 0.6 is 15.9 Å². The molecule has 0 aliphatic carbocycles. The van der Waals surface area contributed by atoms with E-state index in [9.17, 15) is 8.42 Å². The van der Waals surface area contributed by atoms with Crippen LogP contribution in [0.3, 0.4) is 0 Å². The fourth-order valence-electron chi connectivity index (χ4n) is 2.80. The molecule has 4 nitrogen and oxygen atoms in total. The van der Waals surface area contributed by atoms with Crippen molar-refractivity contribution in [2.75, 3.05) is 31.1 Å². The minimum Gasteiger partial charge on any atom is -0.369 e. The summed E-state index contributed by atoms with van der Waals surface area (Å²) in [5, 5.41) is 0. The summed E-state index contributed by atoms with van der Waals surface area (Å²) in [5.74, 6) is 0. The van der Waals surface area contributed by atoms with Crippen LogP contribution in [0.1, 0.15) is 5.56 Å². The molecule has 23 heavy (non-hydrogen) atoms. The maximum atomic E-state index is 12.8. The third-order valence-corrected chi connectivity index (χ3v) is 6.97. The van der Waals surface area contributed by atoms with Gasteiger partial charge in [0.05, 0.1) is 4.90 Å². The molecule has 1 aliphatic heterocycles. The van der Waals surface area contributed by atoms with E-state index in [-0.39, 0.29) is 0 Å². The Morgan fingerprint density at radius 3 is 2.30 bits per heavy atom. The minimum absolute atomic E-state index is 0.337. The summed E-state index contributed by atoms with van der Waals surface area (Å²) in [5.41, 5.74) is 2.37. The molecule has 2 aromatic carbocycles. The van der Waals surface area contributed by atoms with E-state index in [4.69, 9.17) is 0 Å². The number of sulfonamides is 1. The van der Waals surface area contributed by atoms with Crippen LogP contribution < -0.4 is 4.90 Å². The number of nitrogens with zero attached hydrogens (tertiary/aromatic N) is 2.